The van der Waals surface area contributed by atoms with E-state index in [1.165, 1.54) is 24.3 Å². The van der Waals surface area contributed by atoms with Crippen molar-refractivity contribution < 1.29 is 23.8 Å². The van der Waals surface area contributed by atoms with Crippen molar-refractivity contribution in [2.75, 3.05) is 10.6 Å². The molecule has 0 spiro atoms. The van der Waals surface area contributed by atoms with E-state index >= 15 is 0 Å². The van der Waals surface area contributed by atoms with Gasteiger partial charge in [0, 0.05) is 12.1 Å². The van der Waals surface area contributed by atoms with Crippen LogP contribution in [0.1, 0.15) is 23.7 Å². The molecule has 0 fully saturated rings. The first-order valence-corrected chi connectivity index (χ1v) is 8.93. The molecule has 3 aromatic carbocycles. The fourth-order valence-electron chi connectivity index (χ4n) is 2.59. The summed E-state index contributed by atoms with van der Waals surface area (Å²) in [5, 5.41) is 15.2. The Morgan fingerprint density at radius 2 is 1.72 bits per heavy atom. The summed E-state index contributed by atoms with van der Waals surface area (Å²) in [6, 6.07) is 17.4. The average molecular weight is 394 g/mol. The fraction of sp³-hybridized carbons (Fsp3) is 0.0909. The standard InChI is InChI=1S/C22H19FN2O4/c1-2-21(26)25-18-12-11-16(13-17(18)22(27)28)29-20-6-4-3-5-19(20)24-15-9-7-14(23)8-10-15/h3-13,24H,2H2,1H3,(H,25,26)(H,27,28). The molecule has 0 atom stereocenters. The van der Waals surface area contributed by atoms with E-state index in [4.69, 9.17) is 4.74 Å². The van der Waals surface area contributed by atoms with Crippen LogP contribution in [0.25, 0.3) is 0 Å². The molecule has 0 unspecified atom stereocenters. The highest BCUT2D eigenvalue weighted by Gasteiger charge is 2.14. The summed E-state index contributed by atoms with van der Waals surface area (Å²) in [5.74, 6) is -1.05. The molecule has 0 bridgehead atoms. The second-order valence-electron chi connectivity index (χ2n) is 6.14. The van der Waals surface area contributed by atoms with Gasteiger partial charge in [0.1, 0.15) is 11.6 Å². The third-order valence-electron chi connectivity index (χ3n) is 4.05. The molecule has 0 radical (unpaired) electrons. The Morgan fingerprint density at radius 1 is 1.00 bits per heavy atom. The van der Waals surface area contributed by atoms with Crippen LogP contribution in [0, 0.1) is 5.82 Å². The maximum Gasteiger partial charge on any atom is 0.337 e. The van der Waals surface area contributed by atoms with Crippen LogP contribution < -0.4 is 15.4 Å². The van der Waals surface area contributed by atoms with Crippen molar-refractivity contribution in [2.24, 2.45) is 0 Å². The molecule has 7 heteroatoms. The number of nitrogens with one attached hydrogen (secondary N) is 2. The number of hydrogen-bond acceptors (Lipinski definition) is 4. The minimum atomic E-state index is -1.18. The highest BCUT2D eigenvalue weighted by atomic mass is 19.1. The van der Waals surface area contributed by atoms with Gasteiger partial charge < -0.3 is 20.5 Å². The molecule has 6 nitrogen and oxygen atoms in total. The zero-order chi connectivity index (χ0) is 20.8. The molecule has 0 saturated carbocycles. The SMILES string of the molecule is CCC(=O)Nc1ccc(Oc2ccccc2Nc2ccc(F)cc2)cc1C(=O)O. The Bertz CT molecular complexity index is 1040. The third kappa shape index (κ3) is 5.10. The lowest BCUT2D eigenvalue weighted by Gasteiger charge is -2.14. The normalized spacial score (nSPS) is 10.3. The van der Waals surface area contributed by atoms with Gasteiger partial charge in [0.25, 0.3) is 0 Å². The molecule has 1 amide bonds. The van der Waals surface area contributed by atoms with Gasteiger partial charge in [-0.15, -0.1) is 0 Å². The van der Waals surface area contributed by atoms with Gasteiger partial charge in [-0.1, -0.05) is 19.1 Å². The van der Waals surface area contributed by atoms with E-state index in [0.29, 0.717) is 22.9 Å². The molecule has 3 aromatic rings. The number of aromatic carboxylic acids is 1. The number of carbonyl (C=O) groups excluding carboxylic acids is 1. The third-order valence-corrected chi connectivity index (χ3v) is 4.05. The van der Waals surface area contributed by atoms with Crippen molar-refractivity contribution in [1.82, 2.24) is 0 Å². The van der Waals surface area contributed by atoms with Crippen LogP contribution in [0.4, 0.5) is 21.5 Å². The molecular weight excluding hydrogens is 375 g/mol. The van der Waals surface area contributed by atoms with Gasteiger partial charge in [-0.25, -0.2) is 9.18 Å². The molecular formula is C22H19FN2O4. The number of anilines is 3. The van der Waals surface area contributed by atoms with E-state index in [-0.39, 0.29) is 29.4 Å². The molecule has 0 aliphatic carbocycles. The molecule has 0 saturated heterocycles. The fourth-order valence-corrected chi connectivity index (χ4v) is 2.59. The topological polar surface area (TPSA) is 87.7 Å². The van der Waals surface area contributed by atoms with Crippen LogP contribution in [0.2, 0.25) is 0 Å². The summed E-state index contributed by atoms with van der Waals surface area (Å²) in [6.07, 6.45) is 0.236. The van der Waals surface area contributed by atoms with Crippen molar-refractivity contribution in [1.29, 1.82) is 0 Å². The van der Waals surface area contributed by atoms with Crippen LogP contribution in [-0.2, 0) is 4.79 Å². The summed E-state index contributed by atoms with van der Waals surface area (Å²) >= 11 is 0. The summed E-state index contributed by atoms with van der Waals surface area (Å²) in [4.78, 5) is 23.2. The van der Waals surface area contributed by atoms with E-state index in [9.17, 15) is 19.1 Å². The van der Waals surface area contributed by atoms with Crippen LogP contribution in [-0.4, -0.2) is 17.0 Å². The minimum Gasteiger partial charge on any atom is -0.478 e. The first-order valence-electron chi connectivity index (χ1n) is 8.93. The average Bonchev–Trinajstić information content (AvgIpc) is 2.72. The smallest absolute Gasteiger partial charge is 0.337 e. The van der Waals surface area contributed by atoms with E-state index in [1.54, 1.807) is 43.3 Å². The summed E-state index contributed by atoms with van der Waals surface area (Å²) in [5.41, 5.74) is 1.42. The Kier molecular flexibility index (Phi) is 6.09. The first-order chi connectivity index (χ1) is 14.0. The number of para-hydroxylation sites is 2. The highest BCUT2D eigenvalue weighted by molar-refractivity contribution is 6.00. The zero-order valence-corrected chi connectivity index (χ0v) is 15.6. The lowest BCUT2D eigenvalue weighted by molar-refractivity contribution is -0.115. The maximum atomic E-state index is 13.1. The van der Waals surface area contributed by atoms with Crippen LogP contribution in [0.3, 0.4) is 0 Å². The number of rotatable bonds is 7. The largest absolute Gasteiger partial charge is 0.478 e. The van der Waals surface area contributed by atoms with E-state index in [1.807, 2.05) is 6.07 Å². The number of amides is 1. The number of carboxylic acid groups (broad SMARTS) is 1. The van der Waals surface area contributed by atoms with E-state index in [0.717, 1.165) is 0 Å². The monoisotopic (exact) mass is 394 g/mol. The van der Waals surface area contributed by atoms with Crippen molar-refractivity contribution in [3.05, 3.63) is 78.1 Å². The quantitative estimate of drug-likeness (QED) is 0.499. The number of benzene rings is 3. The summed E-state index contributed by atoms with van der Waals surface area (Å²) in [6.45, 7) is 1.68. The van der Waals surface area contributed by atoms with Gasteiger partial charge in [-0.05, 0) is 54.6 Å². The van der Waals surface area contributed by atoms with Gasteiger partial charge in [0.15, 0.2) is 5.75 Å². The second-order valence-corrected chi connectivity index (χ2v) is 6.14. The molecule has 0 aromatic heterocycles. The molecule has 3 rings (SSSR count). The zero-order valence-electron chi connectivity index (χ0n) is 15.6. The van der Waals surface area contributed by atoms with Gasteiger partial charge in [-0.3, -0.25) is 4.79 Å². The number of hydrogen-bond donors (Lipinski definition) is 3. The molecule has 0 aliphatic rings. The highest BCUT2D eigenvalue weighted by Crippen LogP contribution is 2.33. The van der Waals surface area contributed by atoms with Crippen molar-refractivity contribution in [3.63, 3.8) is 0 Å². The van der Waals surface area contributed by atoms with Gasteiger partial charge in [0.05, 0.1) is 16.9 Å². The Labute approximate surface area is 167 Å². The summed E-state index contributed by atoms with van der Waals surface area (Å²) < 4.78 is 19.0. The van der Waals surface area contributed by atoms with Crippen molar-refractivity contribution in [3.8, 4) is 11.5 Å². The number of carboxylic acids is 1. The van der Waals surface area contributed by atoms with Gasteiger partial charge in [0.2, 0.25) is 5.91 Å². The number of carbonyl (C=O) groups is 2. The molecule has 29 heavy (non-hydrogen) atoms. The van der Waals surface area contributed by atoms with E-state index < -0.39 is 5.97 Å². The predicted molar refractivity (Wildman–Crippen MR) is 109 cm³/mol. The first kappa shape index (κ1) is 19.9. The second kappa shape index (κ2) is 8.88. The number of halogens is 1. The molecule has 0 aliphatic heterocycles. The molecule has 148 valence electrons. The Balaban J connectivity index is 1.86. The van der Waals surface area contributed by atoms with Gasteiger partial charge in [-0.2, -0.15) is 0 Å². The maximum absolute atomic E-state index is 13.1. The van der Waals surface area contributed by atoms with Crippen molar-refractivity contribution in [2.45, 2.75) is 13.3 Å². The lowest BCUT2D eigenvalue weighted by atomic mass is 10.1. The molecule has 3 N–H and O–H groups in total. The van der Waals surface area contributed by atoms with Crippen LogP contribution >= 0.6 is 0 Å². The van der Waals surface area contributed by atoms with Crippen molar-refractivity contribution >= 4 is 28.9 Å². The van der Waals surface area contributed by atoms with Gasteiger partial charge >= 0.3 is 5.97 Å². The predicted octanol–water partition coefficient (Wildman–Crippen LogP) is 5.41. The lowest BCUT2D eigenvalue weighted by Crippen LogP contribution is -2.13. The molecule has 0 heterocycles. The van der Waals surface area contributed by atoms with Crippen LogP contribution in [0.15, 0.2) is 66.7 Å². The van der Waals surface area contributed by atoms with Crippen LogP contribution in [0.5, 0.6) is 11.5 Å². The minimum absolute atomic E-state index is 0.0757. The number of ether oxygens (including phenoxy) is 1. The van der Waals surface area contributed by atoms with E-state index in [2.05, 4.69) is 10.6 Å². The Morgan fingerprint density at radius 3 is 2.41 bits per heavy atom. The summed E-state index contributed by atoms with van der Waals surface area (Å²) in [7, 11) is 0. The Hall–Kier alpha value is -3.87.